The van der Waals surface area contributed by atoms with Crippen molar-refractivity contribution in [3.63, 3.8) is 0 Å². The molecule has 0 aliphatic carbocycles. The first kappa shape index (κ1) is 20.0. The number of ether oxygens (including phenoxy) is 4. The van der Waals surface area contributed by atoms with E-state index < -0.39 is 42.0 Å². The molecule has 11 nitrogen and oxygen atoms in total. The molecular formula is C18H25N5O6. The maximum atomic E-state index is 12.1. The monoisotopic (exact) mass is 407 g/mol. The molecule has 2 aromatic heterocycles. The number of rotatable bonds is 3. The van der Waals surface area contributed by atoms with Crippen LogP contribution in [0.1, 0.15) is 40.8 Å². The van der Waals surface area contributed by atoms with Gasteiger partial charge in [0.25, 0.3) is 0 Å². The van der Waals surface area contributed by atoms with Gasteiger partial charge in [0, 0.05) is 0 Å². The van der Waals surface area contributed by atoms with Crippen LogP contribution in [-0.4, -0.2) is 67.0 Å². The van der Waals surface area contributed by atoms with Gasteiger partial charge in [0.15, 0.2) is 29.0 Å². The fraction of sp³-hybridized carbons (Fsp3) is 0.667. The molecule has 4 atom stereocenters. The van der Waals surface area contributed by atoms with Gasteiger partial charge in [-0.3, -0.25) is 9.88 Å². The van der Waals surface area contributed by atoms with Crippen molar-refractivity contribution in [3.05, 3.63) is 12.7 Å². The summed E-state index contributed by atoms with van der Waals surface area (Å²) in [5.74, 6) is -0.570. The average molecular weight is 407 g/mol. The highest BCUT2D eigenvalue weighted by Crippen LogP contribution is 2.43. The zero-order chi connectivity index (χ0) is 21.0. The number of aliphatic hydroxyl groups is 1. The van der Waals surface area contributed by atoms with Gasteiger partial charge in [0.2, 0.25) is 0 Å². The third kappa shape index (κ3) is 3.78. The highest BCUT2D eigenvalue weighted by atomic mass is 16.8. The van der Waals surface area contributed by atoms with Crippen molar-refractivity contribution < 1.29 is 28.8 Å². The van der Waals surface area contributed by atoms with Crippen molar-refractivity contribution in [2.24, 2.45) is 0 Å². The van der Waals surface area contributed by atoms with E-state index >= 15 is 0 Å². The molecule has 29 heavy (non-hydrogen) atoms. The summed E-state index contributed by atoms with van der Waals surface area (Å²) in [6.45, 7) is 8.74. The fourth-order valence-electron chi connectivity index (χ4n) is 3.56. The molecule has 0 unspecified atom stereocenters. The summed E-state index contributed by atoms with van der Waals surface area (Å²) in [6.07, 6.45) is 0.211. The summed E-state index contributed by atoms with van der Waals surface area (Å²) in [4.78, 5) is 24.9. The van der Waals surface area contributed by atoms with E-state index in [1.54, 1.807) is 25.3 Å². The third-order valence-corrected chi connectivity index (χ3v) is 4.56. The Morgan fingerprint density at radius 3 is 2.69 bits per heavy atom. The molecule has 0 radical (unpaired) electrons. The first-order valence-corrected chi connectivity index (χ1v) is 9.37. The van der Waals surface area contributed by atoms with Crippen LogP contribution in [-0.2, 0) is 18.9 Å². The van der Waals surface area contributed by atoms with E-state index in [0.29, 0.717) is 11.2 Å². The zero-order valence-electron chi connectivity index (χ0n) is 16.9. The standard InChI is InChI=1S/C18H25N5O6/c1-17(2,3)29-16(25)22-13-10-14(20-7-19-13)23(8-21-10)15-12-11(9(6-24)26-15)27-18(4,5)28-12/h7-9,11-12,15,24H,6H2,1-5H3,(H,19,20,22,25)/t9-,11+,12+,15-/m1/s1. The van der Waals surface area contributed by atoms with Crippen LogP contribution < -0.4 is 5.32 Å². The van der Waals surface area contributed by atoms with E-state index in [1.807, 2.05) is 13.8 Å². The van der Waals surface area contributed by atoms with E-state index in [4.69, 9.17) is 18.9 Å². The number of nitrogens with zero attached hydrogens (tertiary/aromatic N) is 4. The lowest BCUT2D eigenvalue weighted by molar-refractivity contribution is -0.199. The minimum absolute atomic E-state index is 0.204. The predicted octanol–water partition coefficient (Wildman–Crippen LogP) is 1.58. The van der Waals surface area contributed by atoms with Crippen molar-refractivity contribution in [2.45, 2.75) is 70.5 Å². The number of hydrogen-bond acceptors (Lipinski definition) is 9. The minimum Gasteiger partial charge on any atom is -0.444 e. The van der Waals surface area contributed by atoms with Crippen molar-refractivity contribution in [1.29, 1.82) is 0 Å². The second-order valence-electron chi connectivity index (χ2n) is 8.49. The average Bonchev–Trinajstić information content (AvgIpc) is 3.24. The lowest BCUT2D eigenvalue weighted by Crippen LogP contribution is -2.31. The maximum Gasteiger partial charge on any atom is 0.413 e. The highest BCUT2D eigenvalue weighted by molar-refractivity contribution is 5.93. The molecule has 2 fully saturated rings. The molecule has 158 valence electrons. The number of amides is 1. The second-order valence-corrected chi connectivity index (χ2v) is 8.49. The number of imidazole rings is 1. The van der Waals surface area contributed by atoms with Gasteiger partial charge in [-0.25, -0.2) is 19.7 Å². The molecule has 2 aliphatic rings. The van der Waals surface area contributed by atoms with Crippen LogP contribution in [0.3, 0.4) is 0 Å². The number of anilines is 1. The zero-order valence-corrected chi connectivity index (χ0v) is 16.9. The van der Waals surface area contributed by atoms with Gasteiger partial charge < -0.3 is 24.1 Å². The topological polar surface area (TPSA) is 130 Å². The molecular weight excluding hydrogens is 382 g/mol. The molecule has 4 heterocycles. The number of carbonyl (C=O) groups is 1. The Morgan fingerprint density at radius 1 is 1.28 bits per heavy atom. The molecule has 2 aliphatic heterocycles. The van der Waals surface area contributed by atoms with Crippen LogP contribution >= 0.6 is 0 Å². The van der Waals surface area contributed by atoms with Gasteiger partial charge in [0.05, 0.1) is 12.9 Å². The van der Waals surface area contributed by atoms with Gasteiger partial charge in [-0.1, -0.05) is 0 Å². The molecule has 0 aromatic carbocycles. The van der Waals surface area contributed by atoms with E-state index in [-0.39, 0.29) is 12.4 Å². The van der Waals surface area contributed by atoms with E-state index in [2.05, 4.69) is 20.3 Å². The SMILES string of the molecule is CC(C)(C)OC(=O)Nc1ncnc2c1ncn2[C@@H]1O[C@H](CO)[C@@H]2OC(C)(C)O[C@@H]21. The van der Waals surface area contributed by atoms with E-state index in [0.717, 1.165) is 0 Å². The quantitative estimate of drug-likeness (QED) is 0.779. The summed E-state index contributed by atoms with van der Waals surface area (Å²) >= 11 is 0. The van der Waals surface area contributed by atoms with E-state index in [1.165, 1.54) is 12.7 Å². The summed E-state index contributed by atoms with van der Waals surface area (Å²) in [5, 5.41) is 12.3. The third-order valence-electron chi connectivity index (χ3n) is 4.56. The summed E-state index contributed by atoms with van der Waals surface area (Å²) in [6, 6.07) is 0. The molecule has 11 heteroatoms. The molecule has 0 saturated carbocycles. The molecule has 2 saturated heterocycles. The number of nitrogens with one attached hydrogen (secondary N) is 1. The number of fused-ring (bicyclic) bond motifs is 2. The maximum absolute atomic E-state index is 12.1. The Bertz CT molecular complexity index is 923. The van der Waals surface area contributed by atoms with Gasteiger partial charge in [-0.2, -0.15) is 0 Å². The predicted molar refractivity (Wildman–Crippen MR) is 100 cm³/mol. The normalized spacial score (nSPS) is 28.5. The van der Waals surface area contributed by atoms with E-state index in [9.17, 15) is 9.90 Å². The molecule has 4 rings (SSSR count). The van der Waals surface area contributed by atoms with Crippen LogP contribution in [0.4, 0.5) is 10.6 Å². The van der Waals surface area contributed by atoms with Crippen LogP contribution in [0.5, 0.6) is 0 Å². The number of aromatic nitrogens is 4. The molecule has 1 amide bonds. The number of carbonyl (C=O) groups excluding carboxylic acids is 1. The van der Waals surface area contributed by atoms with Gasteiger partial charge >= 0.3 is 6.09 Å². The molecule has 0 bridgehead atoms. The Kier molecular flexibility index (Phi) is 4.73. The summed E-state index contributed by atoms with van der Waals surface area (Å²) in [5.41, 5.74) is 0.180. The first-order chi connectivity index (χ1) is 13.6. The van der Waals surface area contributed by atoms with Crippen LogP contribution in [0.15, 0.2) is 12.7 Å². The number of hydrogen-bond donors (Lipinski definition) is 2. The van der Waals surface area contributed by atoms with Crippen LogP contribution in [0.2, 0.25) is 0 Å². The first-order valence-electron chi connectivity index (χ1n) is 9.37. The van der Waals surface area contributed by atoms with Crippen LogP contribution in [0, 0.1) is 0 Å². The lowest BCUT2D eigenvalue weighted by Gasteiger charge is -2.24. The molecule has 0 spiro atoms. The Labute approximate surface area is 167 Å². The van der Waals surface area contributed by atoms with Crippen molar-refractivity contribution in [3.8, 4) is 0 Å². The summed E-state index contributed by atoms with van der Waals surface area (Å²) < 4.78 is 24.8. The smallest absolute Gasteiger partial charge is 0.413 e. The minimum atomic E-state index is -0.792. The molecule has 2 N–H and O–H groups in total. The van der Waals surface area contributed by atoms with Crippen molar-refractivity contribution in [2.75, 3.05) is 11.9 Å². The van der Waals surface area contributed by atoms with Gasteiger partial charge in [-0.15, -0.1) is 0 Å². The Balaban J connectivity index is 1.64. The lowest BCUT2D eigenvalue weighted by atomic mass is 10.1. The largest absolute Gasteiger partial charge is 0.444 e. The summed E-state index contributed by atoms with van der Waals surface area (Å²) in [7, 11) is 0. The number of aliphatic hydroxyl groups excluding tert-OH is 1. The highest BCUT2D eigenvalue weighted by Gasteiger charge is 2.56. The second kappa shape index (κ2) is 6.87. The van der Waals surface area contributed by atoms with Gasteiger partial charge in [0.1, 0.15) is 30.2 Å². The van der Waals surface area contributed by atoms with Crippen LogP contribution in [0.25, 0.3) is 11.2 Å². The fourth-order valence-corrected chi connectivity index (χ4v) is 3.56. The van der Waals surface area contributed by atoms with Crippen molar-refractivity contribution in [1.82, 2.24) is 19.5 Å². The Hall–Kier alpha value is -2.34. The Morgan fingerprint density at radius 2 is 2.00 bits per heavy atom. The van der Waals surface area contributed by atoms with Crippen molar-refractivity contribution >= 4 is 23.1 Å². The van der Waals surface area contributed by atoms with Gasteiger partial charge in [-0.05, 0) is 34.6 Å². The molecule has 2 aromatic rings.